The van der Waals surface area contributed by atoms with Crippen molar-refractivity contribution in [1.82, 2.24) is 25.0 Å². The van der Waals surface area contributed by atoms with Gasteiger partial charge in [-0.3, -0.25) is 9.69 Å². The van der Waals surface area contributed by atoms with E-state index in [1.165, 1.54) is 44.6 Å². The Labute approximate surface area is 289 Å². The number of amides is 1. The van der Waals surface area contributed by atoms with Gasteiger partial charge in [0, 0.05) is 95.7 Å². The molecule has 2 aromatic rings. The number of hydrogen-bond donors (Lipinski definition) is 1. The molecule has 1 aromatic carbocycles. The maximum Gasteiger partial charge on any atom is 0.336 e. The zero-order chi connectivity index (χ0) is 33.2. The molecule has 0 radical (unpaired) electrons. The van der Waals surface area contributed by atoms with Crippen LogP contribution in [0, 0.1) is 5.92 Å². The molecule has 4 aliphatic rings. The van der Waals surface area contributed by atoms with E-state index >= 15 is 0 Å². The number of nitrogens with zero attached hydrogens (tertiary/aromatic N) is 4. The summed E-state index contributed by atoms with van der Waals surface area (Å²) in [5.41, 5.74) is 1.17. The van der Waals surface area contributed by atoms with Crippen LogP contribution in [0.25, 0.3) is 0 Å². The Morgan fingerprint density at radius 1 is 0.979 bits per heavy atom. The van der Waals surface area contributed by atoms with Crippen LogP contribution >= 0.6 is 34.5 Å². The highest BCUT2D eigenvalue weighted by molar-refractivity contribution is 7.09. The first-order chi connectivity index (χ1) is 22.7. The molecule has 1 N–H and O–H groups in total. The summed E-state index contributed by atoms with van der Waals surface area (Å²) in [5, 5.41) is 6.47. The molecular formula is C34H41Cl2N5O5S. The molecule has 10 nitrogen and oxygen atoms in total. The smallest absolute Gasteiger partial charge is 0.336 e. The summed E-state index contributed by atoms with van der Waals surface area (Å²) in [6, 6.07) is 6.80. The van der Waals surface area contributed by atoms with Crippen molar-refractivity contribution in [2.45, 2.75) is 62.6 Å². The molecule has 5 heterocycles. The first-order valence-corrected chi connectivity index (χ1v) is 17.8. The predicted molar refractivity (Wildman–Crippen MR) is 181 cm³/mol. The molecular weight excluding hydrogens is 661 g/mol. The molecule has 4 aliphatic heterocycles. The lowest BCUT2D eigenvalue weighted by Gasteiger charge is -2.45. The zero-order valence-corrected chi connectivity index (χ0v) is 29.2. The van der Waals surface area contributed by atoms with Gasteiger partial charge in [-0.2, -0.15) is 0 Å². The van der Waals surface area contributed by atoms with E-state index in [9.17, 15) is 14.4 Å². The molecule has 1 aromatic heterocycles. The van der Waals surface area contributed by atoms with Gasteiger partial charge in [0.1, 0.15) is 0 Å². The third-order valence-corrected chi connectivity index (χ3v) is 11.9. The maximum absolute atomic E-state index is 14.9. The van der Waals surface area contributed by atoms with E-state index in [4.69, 9.17) is 32.7 Å². The van der Waals surface area contributed by atoms with E-state index in [1.54, 1.807) is 24.4 Å². The number of rotatable bonds is 9. The van der Waals surface area contributed by atoms with Crippen LogP contribution in [0.3, 0.4) is 0 Å². The van der Waals surface area contributed by atoms with Gasteiger partial charge in [-0.15, -0.1) is 11.3 Å². The lowest BCUT2D eigenvalue weighted by molar-refractivity contribution is -0.139. The number of ether oxygens (including phenoxy) is 2. The Morgan fingerprint density at radius 2 is 1.64 bits per heavy atom. The van der Waals surface area contributed by atoms with Crippen LogP contribution < -0.4 is 5.32 Å². The summed E-state index contributed by atoms with van der Waals surface area (Å²) in [7, 11) is 4.80. The van der Waals surface area contributed by atoms with Crippen LogP contribution in [0.4, 0.5) is 0 Å². The first kappa shape index (κ1) is 33.9. The number of carbonyl (C=O) groups is 3. The minimum absolute atomic E-state index is 0.112. The molecule has 47 heavy (non-hydrogen) atoms. The van der Waals surface area contributed by atoms with Gasteiger partial charge in [-0.05, 0) is 51.3 Å². The average molecular weight is 703 g/mol. The van der Waals surface area contributed by atoms with Gasteiger partial charge in [0.05, 0.1) is 36.3 Å². The number of allylic oxidation sites excluding steroid dienone is 1. The molecule has 3 saturated heterocycles. The fourth-order valence-corrected chi connectivity index (χ4v) is 9.18. The maximum atomic E-state index is 14.9. The molecule has 3 fully saturated rings. The van der Waals surface area contributed by atoms with Gasteiger partial charge >= 0.3 is 11.9 Å². The highest BCUT2D eigenvalue weighted by Crippen LogP contribution is 2.46. The number of nitrogens with one attached hydrogen (secondary N) is 1. The van der Waals surface area contributed by atoms with Crippen LogP contribution in [0.15, 0.2) is 52.8 Å². The molecule has 0 aliphatic carbocycles. The van der Waals surface area contributed by atoms with Crippen molar-refractivity contribution in [3.05, 3.63) is 73.4 Å². The van der Waals surface area contributed by atoms with Crippen LogP contribution in [0.5, 0.6) is 0 Å². The fourth-order valence-electron chi connectivity index (χ4n) is 7.93. The topological polar surface area (TPSA) is 104 Å². The van der Waals surface area contributed by atoms with E-state index in [1.807, 2.05) is 10.3 Å². The van der Waals surface area contributed by atoms with Crippen LogP contribution in [0.2, 0.25) is 10.0 Å². The van der Waals surface area contributed by atoms with Crippen LogP contribution in [0.1, 0.15) is 48.6 Å². The molecule has 1 amide bonds. The van der Waals surface area contributed by atoms with Crippen LogP contribution in [-0.4, -0.2) is 103 Å². The van der Waals surface area contributed by atoms with Gasteiger partial charge in [-0.25, -0.2) is 14.6 Å². The number of fused-ring (bicyclic) bond motifs is 2. The number of aromatic nitrogens is 1. The van der Waals surface area contributed by atoms with E-state index in [-0.39, 0.29) is 27.1 Å². The lowest BCUT2D eigenvalue weighted by atomic mass is 9.73. The van der Waals surface area contributed by atoms with Gasteiger partial charge in [0.15, 0.2) is 0 Å². The summed E-state index contributed by atoms with van der Waals surface area (Å²) >= 11 is 15.2. The number of hydrogen-bond acceptors (Lipinski definition) is 10. The Kier molecular flexibility index (Phi) is 10.6. The van der Waals surface area contributed by atoms with Crippen molar-refractivity contribution in [2.24, 2.45) is 5.92 Å². The summed E-state index contributed by atoms with van der Waals surface area (Å²) in [4.78, 5) is 53.2. The van der Waals surface area contributed by atoms with Crippen LogP contribution in [-0.2, 0) is 30.3 Å². The molecule has 0 saturated carbocycles. The number of piperidine rings is 1. The molecule has 4 unspecified atom stereocenters. The first-order valence-electron chi connectivity index (χ1n) is 16.1. The molecule has 13 heteroatoms. The quantitative estimate of drug-likeness (QED) is 0.375. The van der Waals surface area contributed by atoms with E-state index in [0.717, 1.165) is 30.9 Å². The molecule has 252 valence electrons. The van der Waals surface area contributed by atoms with E-state index in [2.05, 4.69) is 27.1 Å². The zero-order valence-electron chi connectivity index (χ0n) is 26.9. The number of dihydropyridines is 1. The minimum Gasteiger partial charge on any atom is -0.466 e. The molecule has 2 bridgehead atoms. The molecule has 6 rings (SSSR count). The third kappa shape index (κ3) is 6.83. The number of halogens is 2. The normalized spacial score (nSPS) is 25.6. The standard InChI is InChI=1S/C34H41Cl2N5O5S/c1-39-20-7-8-21(39)18-22(17-20)40-12-14-41(15-13-40)32(42)31(29-24(35)5-4-6-25(29)36)28-23(33(43)45-2)19-38-26(30(28)34(44)46-3)9-10-27-37-11-16-47-27/h4-6,11,16,19-22,28,31,38H,7-10,12-15,17-18H2,1-3H3. The number of thiazole rings is 1. The van der Waals surface area contributed by atoms with Gasteiger partial charge in [-0.1, -0.05) is 29.3 Å². The highest BCUT2D eigenvalue weighted by atomic mass is 35.5. The number of piperazine rings is 1. The van der Waals surface area contributed by atoms with Crippen molar-refractivity contribution in [3.63, 3.8) is 0 Å². The van der Waals surface area contributed by atoms with Crippen molar-refractivity contribution in [3.8, 4) is 0 Å². The Bertz CT molecular complexity index is 1520. The second kappa shape index (κ2) is 14.7. The van der Waals surface area contributed by atoms with E-state index < -0.39 is 23.8 Å². The monoisotopic (exact) mass is 701 g/mol. The Morgan fingerprint density at radius 3 is 2.23 bits per heavy atom. The summed E-state index contributed by atoms with van der Waals surface area (Å²) in [6.45, 7) is 2.51. The number of methoxy groups -OCH3 is 2. The fraction of sp³-hybridized carbons (Fsp3) is 0.529. The summed E-state index contributed by atoms with van der Waals surface area (Å²) in [5.74, 6) is -3.77. The van der Waals surface area contributed by atoms with Crippen molar-refractivity contribution in [2.75, 3.05) is 47.4 Å². The van der Waals surface area contributed by atoms with Gasteiger partial charge in [0.2, 0.25) is 5.91 Å². The predicted octanol–water partition coefficient (Wildman–Crippen LogP) is 4.64. The average Bonchev–Trinajstić information content (AvgIpc) is 3.67. The Balaban J connectivity index is 1.36. The number of carbonyl (C=O) groups excluding carboxylic acids is 3. The second-order valence-electron chi connectivity index (χ2n) is 12.7. The third-order valence-electron chi connectivity index (χ3n) is 10.4. The lowest BCUT2D eigenvalue weighted by Crippen LogP contribution is -2.56. The summed E-state index contributed by atoms with van der Waals surface area (Å²) < 4.78 is 10.5. The minimum atomic E-state index is -1.10. The van der Waals surface area contributed by atoms with Crippen molar-refractivity contribution in [1.29, 1.82) is 0 Å². The molecule has 4 atom stereocenters. The summed E-state index contributed by atoms with van der Waals surface area (Å²) in [6.07, 6.45) is 9.00. The van der Waals surface area contributed by atoms with Gasteiger partial charge in [0.25, 0.3) is 0 Å². The number of benzene rings is 1. The van der Waals surface area contributed by atoms with E-state index in [0.29, 0.717) is 55.3 Å². The largest absolute Gasteiger partial charge is 0.466 e. The van der Waals surface area contributed by atoms with Crippen molar-refractivity contribution >= 4 is 52.4 Å². The SMILES string of the molecule is COC(=O)C1=CNC(CCc2nccs2)=C(C(=O)OC)C1C(C(=O)N1CCN(C2CC3CCC(C2)N3C)CC1)c1c(Cl)cccc1Cl. The Hall–Kier alpha value is -2.96. The second-order valence-corrected chi connectivity index (χ2v) is 14.5. The molecule has 0 spiro atoms. The van der Waals surface area contributed by atoms with Crippen molar-refractivity contribution < 1.29 is 23.9 Å². The van der Waals surface area contributed by atoms with Gasteiger partial charge < -0.3 is 24.6 Å². The highest BCUT2D eigenvalue weighted by Gasteiger charge is 2.47. The number of esters is 2. The number of aryl methyl sites for hydroxylation is 1.